The Labute approximate surface area is 156 Å². The Balaban J connectivity index is 1.70. The highest BCUT2D eigenvalue weighted by Crippen LogP contribution is 2.31. The van der Waals surface area contributed by atoms with E-state index in [1.165, 1.54) is 5.56 Å². The fourth-order valence-corrected chi connectivity index (χ4v) is 3.82. The lowest BCUT2D eigenvalue weighted by Crippen LogP contribution is -1.95. The van der Waals surface area contributed by atoms with Gasteiger partial charge in [-0.1, -0.05) is 42.1 Å². The molecule has 0 aliphatic rings. The number of aromatic nitrogens is 4. The van der Waals surface area contributed by atoms with Gasteiger partial charge in [-0.3, -0.25) is 0 Å². The normalized spacial score (nSPS) is 11.0. The van der Waals surface area contributed by atoms with Crippen LogP contribution in [0.2, 0.25) is 0 Å². The third-order valence-electron chi connectivity index (χ3n) is 4.20. The van der Waals surface area contributed by atoms with E-state index in [-0.39, 0.29) is 0 Å². The monoisotopic (exact) mass is 362 g/mol. The first-order valence-corrected chi connectivity index (χ1v) is 9.23. The predicted molar refractivity (Wildman–Crippen MR) is 104 cm³/mol. The van der Waals surface area contributed by atoms with Gasteiger partial charge in [-0.2, -0.15) is 0 Å². The van der Waals surface area contributed by atoms with Crippen molar-refractivity contribution >= 4 is 22.9 Å². The van der Waals surface area contributed by atoms with Crippen LogP contribution in [0, 0.1) is 0 Å². The van der Waals surface area contributed by atoms with Crippen molar-refractivity contribution in [2.75, 3.05) is 7.11 Å². The van der Waals surface area contributed by atoms with E-state index in [0.717, 1.165) is 33.4 Å². The molecule has 0 fully saturated rings. The summed E-state index contributed by atoms with van der Waals surface area (Å²) in [5.41, 5.74) is 3.95. The molecule has 0 unspecified atom stereocenters. The van der Waals surface area contributed by atoms with Crippen LogP contribution in [0.5, 0.6) is 5.75 Å². The van der Waals surface area contributed by atoms with Crippen molar-refractivity contribution in [1.29, 1.82) is 0 Å². The lowest BCUT2D eigenvalue weighted by Gasteiger charge is -2.06. The van der Waals surface area contributed by atoms with Crippen molar-refractivity contribution in [3.8, 4) is 17.1 Å². The average Bonchev–Trinajstić information content (AvgIpc) is 3.04. The highest BCUT2D eigenvalue weighted by molar-refractivity contribution is 7.98. The molecule has 6 heteroatoms. The fourth-order valence-electron chi connectivity index (χ4n) is 2.84. The van der Waals surface area contributed by atoms with Gasteiger partial charge in [0.15, 0.2) is 5.65 Å². The third-order valence-corrected chi connectivity index (χ3v) is 5.25. The number of nitrogens with zero attached hydrogens (tertiary/aromatic N) is 4. The fraction of sp³-hybridized carbons (Fsp3) is 0.150. The first-order valence-electron chi connectivity index (χ1n) is 8.25. The number of hydrogen-bond acceptors (Lipinski definition) is 5. The summed E-state index contributed by atoms with van der Waals surface area (Å²) >= 11 is 1.70. The Kier molecular flexibility index (Phi) is 4.58. The summed E-state index contributed by atoms with van der Waals surface area (Å²) < 4.78 is 7.29. The van der Waals surface area contributed by atoms with E-state index in [0.29, 0.717) is 5.65 Å². The standard InChI is InChI=1S/C20H18N4OS/c1-24-17-18(23-19(24)15-8-10-16(25-2)11-9-15)21-13-22-20(17)26-12-14-6-4-3-5-7-14/h3-11,13H,12H2,1-2H3. The van der Waals surface area contributed by atoms with E-state index in [4.69, 9.17) is 9.72 Å². The van der Waals surface area contributed by atoms with Crippen LogP contribution in [0.4, 0.5) is 0 Å². The molecule has 4 aromatic rings. The molecule has 0 spiro atoms. The van der Waals surface area contributed by atoms with Crippen LogP contribution in [0.25, 0.3) is 22.6 Å². The van der Waals surface area contributed by atoms with Crippen molar-refractivity contribution in [1.82, 2.24) is 19.5 Å². The summed E-state index contributed by atoms with van der Waals surface area (Å²) in [7, 11) is 3.67. The molecule has 130 valence electrons. The Morgan fingerprint density at radius 2 is 1.77 bits per heavy atom. The molecule has 0 saturated heterocycles. The topological polar surface area (TPSA) is 52.8 Å². The maximum absolute atomic E-state index is 5.23. The van der Waals surface area contributed by atoms with Crippen LogP contribution < -0.4 is 4.74 Å². The molecule has 0 radical (unpaired) electrons. The Morgan fingerprint density at radius 3 is 2.50 bits per heavy atom. The minimum absolute atomic E-state index is 0.712. The average molecular weight is 362 g/mol. The highest BCUT2D eigenvalue weighted by atomic mass is 32.2. The van der Waals surface area contributed by atoms with Crippen molar-refractivity contribution in [2.45, 2.75) is 10.8 Å². The maximum atomic E-state index is 5.23. The molecule has 0 aliphatic heterocycles. The number of benzene rings is 2. The number of hydrogen-bond donors (Lipinski definition) is 0. The van der Waals surface area contributed by atoms with Crippen LogP contribution in [0.15, 0.2) is 66.0 Å². The molecule has 0 amide bonds. The number of methoxy groups -OCH3 is 1. The van der Waals surface area contributed by atoms with Gasteiger partial charge in [0, 0.05) is 18.4 Å². The smallest absolute Gasteiger partial charge is 0.182 e. The molecule has 2 aromatic carbocycles. The minimum Gasteiger partial charge on any atom is -0.497 e. The number of ether oxygens (including phenoxy) is 1. The third kappa shape index (κ3) is 3.15. The Bertz CT molecular complexity index is 1030. The van der Waals surface area contributed by atoms with Crippen molar-refractivity contribution in [3.05, 3.63) is 66.5 Å². The van der Waals surface area contributed by atoms with Crippen LogP contribution in [0.3, 0.4) is 0 Å². The maximum Gasteiger partial charge on any atom is 0.182 e. The second-order valence-electron chi connectivity index (χ2n) is 5.85. The summed E-state index contributed by atoms with van der Waals surface area (Å²) in [5.74, 6) is 2.55. The SMILES string of the molecule is COc1ccc(-c2nc3ncnc(SCc4ccccc4)c3n2C)cc1. The summed E-state index contributed by atoms with van der Waals surface area (Å²) in [5, 5.41) is 0.939. The lowest BCUT2D eigenvalue weighted by molar-refractivity contribution is 0.415. The van der Waals surface area contributed by atoms with Crippen LogP contribution in [-0.2, 0) is 12.8 Å². The van der Waals surface area contributed by atoms with Crippen LogP contribution in [-0.4, -0.2) is 26.6 Å². The van der Waals surface area contributed by atoms with Crippen molar-refractivity contribution < 1.29 is 4.74 Å². The molecule has 2 aromatic heterocycles. The first-order chi connectivity index (χ1) is 12.8. The number of rotatable bonds is 5. The van der Waals surface area contributed by atoms with E-state index in [9.17, 15) is 0 Å². The quantitative estimate of drug-likeness (QED) is 0.391. The number of fused-ring (bicyclic) bond motifs is 1. The minimum atomic E-state index is 0.712. The molecule has 2 heterocycles. The summed E-state index contributed by atoms with van der Waals surface area (Å²) in [4.78, 5) is 13.6. The van der Waals surface area contributed by atoms with E-state index in [2.05, 4.69) is 38.8 Å². The zero-order valence-electron chi connectivity index (χ0n) is 14.6. The molecule has 5 nitrogen and oxygen atoms in total. The Hall–Kier alpha value is -2.86. The first kappa shape index (κ1) is 16.6. The van der Waals surface area contributed by atoms with Crippen molar-refractivity contribution in [3.63, 3.8) is 0 Å². The van der Waals surface area contributed by atoms with Gasteiger partial charge in [0.2, 0.25) is 0 Å². The highest BCUT2D eigenvalue weighted by Gasteiger charge is 2.15. The van der Waals surface area contributed by atoms with Crippen LogP contribution >= 0.6 is 11.8 Å². The van der Waals surface area contributed by atoms with E-state index in [1.54, 1.807) is 25.2 Å². The molecule has 0 saturated carbocycles. The van der Waals surface area contributed by atoms with E-state index < -0.39 is 0 Å². The van der Waals surface area contributed by atoms with Gasteiger partial charge >= 0.3 is 0 Å². The van der Waals surface area contributed by atoms with Crippen molar-refractivity contribution in [2.24, 2.45) is 7.05 Å². The largest absolute Gasteiger partial charge is 0.497 e. The molecule has 4 rings (SSSR count). The summed E-state index contributed by atoms with van der Waals surface area (Å²) in [6.07, 6.45) is 1.58. The summed E-state index contributed by atoms with van der Waals surface area (Å²) in [6, 6.07) is 18.3. The predicted octanol–water partition coefficient (Wildman–Crippen LogP) is 4.33. The zero-order valence-corrected chi connectivity index (χ0v) is 15.4. The number of thioether (sulfide) groups is 1. The zero-order chi connectivity index (χ0) is 17.9. The van der Waals surface area contributed by atoms with Gasteiger partial charge < -0.3 is 9.30 Å². The van der Waals surface area contributed by atoms with Gasteiger partial charge in [-0.25, -0.2) is 15.0 Å². The summed E-state index contributed by atoms with van der Waals surface area (Å²) in [6.45, 7) is 0. The second-order valence-corrected chi connectivity index (χ2v) is 6.81. The number of imidazole rings is 1. The molecular weight excluding hydrogens is 344 g/mol. The second kappa shape index (κ2) is 7.17. The van der Waals surface area contributed by atoms with Crippen LogP contribution in [0.1, 0.15) is 5.56 Å². The van der Waals surface area contributed by atoms with Gasteiger partial charge in [0.05, 0.1) is 7.11 Å². The molecule has 0 bridgehead atoms. The van der Waals surface area contributed by atoms with Gasteiger partial charge in [0.1, 0.15) is 28.4 Å². The molecule has 0 aliphatic carbocycles. The molecule has 0 N–H and O–H groups in total. The molecule has 0 atom stereocenters. The van der Waals surface area contributed by atoms with Gasteiger partial charge in [0.25, 0.3) is 0 Å². The van der Waals surface area contributed by atoms with Gasteiger partial charge in [-0.05, 0) is 29.8 Å². The molecular formula is C20H18N4OS. The Morgan fingerprint density at radius 1 is 1.00 bits per heavy atom. The van der Waals surface area contributed by atoms with Gasteiger partial charge in [-0.15, -0.1) is 0 Å². The number of aryl methyl sites for hydroxylation is 1. The van der Waals surface area contributed by atoms with E-state index in [1.807, 2.05) is 37.4 Å². The lowest BCUT2D eigenvalue weighted by atomic mass is 10.2. The van der Waals surface area contributed by atoms with E-state index >= 15 is 0 Å². The molecule has 26 heavy (non-hydrogen) atoms.